The van der Waals surface area contributed by atoms with Crippen molar-refractivity contribution in [1.29, 1.82) is 0 Å². The molecule has 8 nitrogen and oxygen atoms in total. The molecule has 260 valence electrons. The van der Waals surface area contributed by atoms with Gasteiger partial charge in [0.2, 0.25) is 10.0 Å². The maximum atomic E-state index is 14.9. The largest absolute Gasteiger partial charge is 0.338 e. The monoisotopic (exact) mass is 693 g/mol. The SMILES string of the molecule is CCNS(=O)(=O)c1cc(C(=O)N2CCC(CCN3C4CCC3CC(n3c(C)nc5ccccc53)C4)(c3cccc(F)c3)CC2)c(F)cc1F. The molecule has 1 aromatic heterocycles. The van der Waals surface area contributed by atoms with Crippen molar-refractivity contribution in [3.63, 3.8) is 0 Å². The maximum Gasteiger partial charge on any atom is 0.256 e. The third kappa shape index (κ3) is 6.27. The van der Waals surface area contributed by atoms with Crippen molar-refractivity contribution in [3.8, 4) is 0 Å². The number of benzene rings is 3. The predicted octanol–water partition coefficient (Wildman–Crippen LogP) is 6.49. The van der Waals surface area contributed by atoms with Gasteiger partial charge in [-0.1, -0.05) is 31.2 Å². The third-order valence-electron chi connectivity index (χ3n) is 11.2. The lowest BCUT2D eigenvalue weighted by atomic mass is 9.70. The second-order valence-corrected chi connectivity index (χ2v) is 15.6. The second kappa shape index (κ2) is 13.2. The normalized spacial score (nSPS) is 22.6. The molecule has 4 aromatic rings. The minimum Gasteiger partial charge on any atom is -0.338 e. The molecule has 3 saturated heterocycles. The summed E-state index contributed by atoms with van der Waals surface area (Å²) in [6.07, 6.45) is 6.19. The van der Waals surface area contributed by atoms with E-state index in [9.17, 15) is 26.4 Å². The summed E-state index contributed by atoms with van der Waals surface area (Å²) in [6, 6.07) is 17.5. The summed E-state index contributed by atoms with van der Waals surface area (Å²) in [6.45, 7) is 5.02. The first-order valence-electron chi connectivity index (χ1n) is 17.2. The number of fused-ring (bicyclic) bond motifs is 3. The van der Waals surface area contributed by atoms with Crippen molar-refractivity contribution in [2.75, 3.05) is 26.2 Å². The lowest BCUT2D eigenvalue weighted by Gasteiger charge is -2.45. The molecule has 0 spiro atoms. The molecule has 3 aromatic carbocycles. The van der Waals surface area contributed by atoms with Crippen LogP contribution >= 0.6 is 0 Å². The second-order valence-electron chi connectivity index (χ2n) is 13.9. The van der Waals surface area contributed by atoms with Crippen LogP contribution in [0.5, 0.6) is 0 Å². The van der Waals surface area contributed by atoms with Crippen LogP contribution in [0.15, 0.2) is 65.6 Å². The van der Waals surface area contributed by atoms with Gasteiger partial charge in [-0.3, -0.25) is 9.69 Å². The molecular formula is C37H42F3N5O3S. The number of rotatable bonds is 9. The van der Waals surface area contributed by atoms with Crippen LogP contribution in [0.2, 0.25) is 0 Å². The first kappa shape index (κ1) is 33.7. The molecule has 0 radical (unpaired) electrons. The van der Waals surface area contributed by atoms with Gasteiger partial charge >= 0.3 is 0 Å². The number of piperidine rings is 2. The molecule has 0 saturated carbocycles. The standard InChI is InChI=1S/C37H42F3N5O3S/c1-3-41-49(47,48)35-22-30(31(39)23-32(35)40)36(46)43-16-13-37(14-17-43,25-7-6-8-26(38)19-25)15-18-44-27-11-12-28(44)21-29(20-27)45-24(2)42-33-9-4-5-10-34(33)45/h4-10,19,22-23,27-29,41H,3,11-18,20-21H2,1-2H3. The van der Waals surface area contributed by atoms with Gasteiger partial charge in [0.05, 0.1) is 16.6 Å². The van der Waals surface area contributed by atoms with Gasteiger partial charge in [-0.05, 0) is 99.7 Å². The summed E-state index contributed by atoms with van der Waals surface area (Å²) in [5.41, 5.74) is 2.19. The van der Waals surface area contributed by atoms with Crippen molar-refractivity contribution in [1.82, 2.24) is 24.1 Å². The molecule has 1 amide bonds. The Morgan fingerprint density at radius 3 is 2.35 bits per heavy atom. The Bertz CT molecular complexity index is 1980. The summed E-state index contributed by atoms with van der Waals surface area (Å²) in [4.78, 5) is 21.8. The van der Waals surface area contributed by atoms with Crippen molar-refractivity contribution in [3.05, 3.63) is 95.1 Å². The molecule has 12 heteroatoms. The van der Waals surface area contributed by atoms with Gasteiger partial charge in [0.15, 0.2) is 0 Å². The van der Waals surface area contributed by atoms with E-state index >= 15 is 0 Å². The van der Waals surface area contributed by atoms with Crippen molar-refractivity contribution < 1.29 is 26.4 Å². The van der Waals surface area contributed by atoms with E-state index in [1.54, 1.807) is 19.1 Å². The van der Waals surface area contributed by atoms with Crippen molar-refractivity contribution in [2.45, 2.75) is 87.2 Å². The van der Waals surface area contributed by atoms with E-state index in [0.717, 1.165) is 61.6 Å². The number of nitrogens with zero attached hydrogens (tertiary/aromatic N) is 4. The van der Waals surface area contributed by atoms with Crippen molar-refractivity contribution >= 4 is 27.0 Å². The Kier molecular flexibility index (Phi) is 9.08. The Labute approximate surface area is 285 Å². The quantitative estimate of drug-likeness (QED) is 0.217. The highest BCUT2D eigenvalue weighted by Crippen LogP contribution is 2.45. The van der Waals surface area contributed by atoms with Gasteiger partial charge in [-0.2, -0.15) is 0 Å². The molecule has 2 bridgehead atoms. The first-order chi connectivity index (χ1) is 23.5. The Hall–Kier alpha value is -3.74. The fourth-order valence-corrected chi connectivity index (χ4v) is 9.89. The number of sulfonamides is 1. The van der Waals surface area contributed by atoms with Crippen LogP contribution in [0.4, 0.5) is 13.2 Å². The Morgan fingerprint density at radius 1 is 0.939 bits per heavy atom. The van der Waals surface area contributed by atoms with Crippen LogP contribution < -0.4 is 4.72 Å². The van der Waals surface area contributed by atoms with Gasteiger partial charge in [-0.25, -0.2) is 31.3 Å². The molecular weight excluding hydrogens is 652 g/mol. The first-order valence-corrected chi connectivity index (χ1v) is 18.7. The number of likely N-dealkylation sites (tertiary alicyclic amines) is 1. The smallest absolute Gasteiger partial charge is 0.256 e. The number of hydrogen-bond donors (Lipinski definition) is 1. The average Bonchev–Trinajstić information content (AvgIpc) is 3.53. The van der Waals surface area contributed by atoms with Crippen LogP contribution in [0.25, 0.3) is 11.0 Å². The molecule has 2 atom stereocenters. The maximum absolute atomic E-state index is 14.9. The highest BCUT2D eigenvalue weighted by Gasteiger charge is 2.44. The number of aromatic nitrogens is 2. The minimum absolute atomic E-state index is 0.0116. The van der Waals surface area contributed by atoms with E-state index in [0.29, 0.717) is 37.0 Å². The molecule has 0 aliphatic carbocycles. The fraction of sp³-hybridized carbons (Fsp3) is 0.459. The number of amides is 1. The lowest BCUT2D eigenvalue weighted by molar-refractivity contribution is 0.0602. The number of carbonyl (C=O) groups is 1. The Morgan fingerprint density at radius 2 is 1.65 bits per heavy atom. The predicted molar refractivity (Wildman–Crippen MR) is 181 cm³/mol. The van der Waals surface area contributed by atoms with E-state index in [1.165, 1.54) is 16.5 Å². The number of imidazole rings is 1. The third-order valence-corrected chi connectivity index (χ3v) is 12.7. The average molecular weight is 694 g/mol. The fourth-order valence-electron chi connectivity index (χ4n) is 8.77. The molecule has 3 aliphatic rings. The molecule has 49 heavy (non-hydrogen) atoms. The number of carbonyl (C=O) groups excluding carboxylic acids is 1. The zero-order chi connectivity index (χ0) is 34.5. The summed E-state index contributed by atoms with van der Waals surface area (Å²) in [5, 5.41) is 0. The minimum atomic E-state index is -4.26. The molecule has 4 heterocycles. The lowest BCUT2D eigenvalue weighted by Crippen LogP contribution is -2.49. The summed E-state index contributed by atoms with van der Waals surface area (Å²) >= 11 is 0. The number of halogens is 3. The molecule has 3 aliphatic heterocycles. The number of aryl methyl sites for hydroxylation is 1. The molecule has 3 fully saturated rings. The molecule has 1 N–H and O–H groups in total. The topological polar surface area (TPSA) is 87.5 Å². The zero-order valence-corrected chi connectivity index (χ0v) is 28.7. The van der Waals surface area contributed by atoms with E-state index in [2.05, 4.69) is 39.3 Å². The zero-order valence-electron chi connectivity index (χ0n) is 27.8. The van der Waals surface area contributed by atoms with E-state index in [4.69, 9.17) is 4.98 Å². The molecule has 2 unspecified atom stereocenters. The Balaban J connectivity index is 1.09. The number of nitrogens with one attached hydrogen (secondary N) is 1. The number of hydrogen-bond acceptors (Lipinski definition) is 5. The van der Waals surface area contributed by atoms with Crippen LogP contribution in [-0.4, -0.2) is 71.9 Å². The highest BCUT2D eigenvalue weighted by atomic mass is 32.2. The molecule has 7 rings (SSSR count). The van der Waals surface area contributed by atoms with Crippen LogP contribution in [0.3, 0.4) is 0 Å². The van der Waals surface area contributed by atoms with E-state index < -0.39 is 43.4 Å². The number of para-hydroxylation sites is 2. The van der Waals surface area contributed by atoms with Crippen LogP contribution in [0.1, 0.15) is 79.7 Å². The van der Waals surface area contributed by atoms with Gasteiger partial charge in [-0.15, -0.1) is 0 Å². The van der Waals surface area contributed by atoms with Crippen LogP contribution in [-0.2, 0) is 15.4 Å². The van der Waals surface area contributed by atoms with Crippen LogP contribution in [0, 0.1) is 24.4 Å². The van der Waals surface area contributed by atoms with Gasteiger partial charge in [0, 0.05) is 43.8 Å². The highest BCUT2D eigenvalue weighted by molar-refractivity contribution is 7.89. The summed E-state index contributed by atoms with van der Waals surface area (Å²) < 4.78 is 73.8. The van der Waals surface area contributed by atoms with Gasteiger partial charge < -0.3 is 9.47 Å². The summed E-state index contributed by atoms with van der Waals surface area (Å²) in [5.74, 6) is -2.34. The van der Waals surface area contributed by atoms with Gasteiger partial charge in [0.1, 0.15) is 28.2 Å². The van der Waals surface area contributed by atoms with E-state index in [1.807, 2.05) is 12.1 Å². The summed E-state index contributed by atoms with van der Waals surface area (Å²) in [7, 11) is -4.26. The van der Waals surface area contributed by atoms with Gasteiger partial charge in [0.25, 0.3) is 5.91 Å². The van der Waals surface area contributed by atoms with E-state index in [-0.39, 0.29) is 25.5 Å². The van der Waals surface area contributed by atoms with Crippen molar-refractivity contribution in [2.24, 2.45) is 0 Å².